The standard InChI is InChI=1S/C14H17N3O2/c1-11-15-5-7-17(11)13-3-2-6-16(9-13)14(18)12-4-8-19-10-12/h4-5,7-8,10,13H,2-3,6,9H2,1H3. The number of carbonyl (C=O) groups is 1. The smallest absolute Gasteiger partial charge is 0.257 e. The molecule has 2 aromatic heterocycles. The van der Waals surface area contributed by atoms with Gasteiger partial charge in [-0.1, -0.05) is 0 Å². The van der Waals surface area contributed by atoms with Crippen LogP contribution >= 0.6 is 0 Å². The molecule has 3 rings (SSSR count). The Morgan fingerprint density at radius 1 is 1.53 bits per heavy atom. The first-order valence-electron chi connectivity index (χ1n) is 6.56. The van der Waals surface area contributed by atoms with Gasteiger partial charge in [0.2, 0.25) is 0 Å². The fraction of sp³-hybridized carbons (Fsp3) is 0.429. The quantitative estimate of drug-likeness (QED) is 0.831. The Morgan fingerprint density at radius 3 is 3.11 bits per heavy atom. The summed E-state index contributed by atoms with van der Waals surface area (Å²) in [4.78, 5) is 18.5. The monoisotopic (exact) mass is 259 g/mol. The third-order valence-electron chi connectivity index (χ3n) is 3.71. The van der Waals surface area contributed by atoms with Gasteiger partial charge in [0.05, 0.1) is 17.9 Å². The van der Waals surface area contributed by atoms with Gasteiger partial charge < -0.3 is 13.9 Å². The van der Waals surface area contributed by atoms with E-state index in [4.69, 9.17) is 4.42 Å². The minimum atomic E-state index is 0.0521. The van der Waals surface area contributed by atoms with Crippen molar-refractivity contribution < 1.29 is 9.21 Å². The molecule has 1 aliphatic rings. The van der Waals surface area contributed by atoms with Gasteiger partial charge in [0.25, 0.3) is 5.91 Å². The van der Waals surface area contributed by atoms with Crippen LogP contribution in [-0.4, -0.2) is 33.4 Å². The van der Waals surface area contributed by atoms with E-state index in [1.165, 1.54) is 12.5 Å². The summed E-state index contributed by atoms with van der Waals surface area (Å²) in [6, 6.07) is 2.04. The second-order valence-corrected chi connectivity index (χ2v) is 4.94. The van der Waals surface area contributed by atoms with Crippen molar-refractivity contribution in [2.45, 2.75) is 25.8 Å². The lowest BCUT2D eigenvalue weighted by Crippen LogP contribution is -2.40. The molecule has 19 heavy (non-hydrogen) atoms. The van der Waals surface area contributed by atoms with Crippen LogP contribution in [0.3, 0.4) is 0 Å². The van der Waals surface area contributed by atoms with Crippen LogP contribution in [0.5, 0.6) is 0 Å². The molecule has 100 valence electrons. The number of aryl methyl sites for hydroxylation is 1. The third-order valence-corrected chi connectivity index (χ3v) is 3.71. The Bertz CT molecular complexity index is 559. The number of carbonyl (C=O) groups excluding carboxylic acids is 1. The lowest BCUT2D eigenvalue weighted by Gasteiger charge is -2.33. The van der Waals surface area contributed by atoms with Crippen LogP contribution in [0.1, 0.15) is 35.1 Å². The van der Waals surface area contributed by atoms with Crippen LogP contribution in [0, 0.1) is 6.92 Å². The normalized spacial score (nSPS) is 19.6. The molecule has 0 bridgehead atoms. The van der Waals surface area contributed by atoms with Gasteiger partial charge >= 0.3 is 0 Å². The Kier molecular flexibility index (Phi) is 3.11. The zero-order valence-electron chi connectivity index (χ0n) is 11.0. The van der Waals surface area contributed by atoms with Crippen molar-refractivity contribution in [1.82, 2.24) is 14.5 Å². The molecule has 1 unspecified atom stereocenters. The highest BCUT2D eigenvalue weighted by atomic mass is 16.3. The molecule has 1 fully saturated rings. The lowest BCUT2D eigenvalue weighted by molar-refractivity contribution is 0.0677. The predicted octanol–water partition coefficient (Wildman–Crippen LogP) is 2.26. The van der Waals surface area contributed by atoms with Crippen molar-refractivity contribution in [3.63, 3.8) is 0 Å². The van der Waals surface area contributed by atoms with Gasteiger partial charge in [0.1, 0.15) is 12.1 Å². The Hall–Kier alpha value is -2.04. The topological polar surface area (TPSA) is 51.3 Å². The number of hydrogen-bond acceptors (Lipinski definition) is 3. The number of hydrogen-bond donors (Lipinski definition) is 0. The number of rotatable bonds is 2. The summed E-state index contributed by atoms with van der Waals surface area (Å²) in [7, 11) is 0. The van der Waals surface area contributed by atoms with E-state index < -0.39 is 0 Å². The zero-order valence-corrected chi connectivity index (χ0v) is 11.0. The first kappa shape index (κ1) is 12.0. The third kappa shape index (κ3) is 2.28. The van der Waals surface area contributed by atoms with Gasteiger partial charge in [-0.15, -0.1) is 0 Å². The van der Waals surface area contributed by atoms with Crippen molar-refractivity contribution in [1.29, 1.82) is 0 Å². The summed E-state index contributed by atoms with van der Waals surface area (Å²) < 4.78 is 7.14. The van der Waals surface area contributed by atoms with Crippen molar-refractivity contribution in [2.24, 2.45) is 0 Å². The maximum Gasteiger partial charge on any atom is 0.257 e. The molecule has 0 radical (unpaired) electrons. The molecule has 1 atom stereocenters. The van der Waals surface area contributed by atoms with Crippen LogP contribution in [0.25, 0.3) is 0 Å². The van der Waals surface area contributed by atoms with Crippen molar-refractivity contribution >= 4 is 5.91 Å². The fourth-order valence-electron chi connectivity index (χ4n) is 2.71. The molecule has 1 aliphatic heterocycles. The first-order valence-corrected chi connectivity index (χ1v) is 6.56. The van der Waals surface area contributed by atoms with Gasteiger partial charge in [0.15, 0.2) is 0 Å². The van der Waals surface area contributed by atoms with E-state index in [0.717, 1.165) is 31.8 Å². The van der Waals surface area contributed by atoms with E-state index in [1.54, 1.807) is 6.07 Å². The summed E-state index contributed by atoms with van der Waals surface area (Å²) >= 11 is 0. The van der Waals surface area contributed by atoms with Gasteiger partial charge in [-0.05, 0) is 25.8 Å². The molecule has 0 N–H and O–H groups in total. The van der Waals surface area contributed by atoms with Crippen LogP contribution in [0.2, 0.25) is 0 Å². The first-order chi connectivity index (χ1) is 9.25. The number of piperidine rings is 1. The van der Waals surface area contributed by atoms with E-state index >= 15 is 0 Å². The van der Waals surface area contributed by atoms with E-state index in [2.05, 4.69) is 9.55 Å². The fourth-order valence-corrected chi connectivity index (χ4v) is 2.71. The van der Waals surface area contributed by atoms with Crippen LogP contribution in [0.4, 0.5) is 0 Å². The van der Waals surface area contributed by atoms with E-state index in [0.29, 0.717) is 11.6 Å². The molecule has 3 heterocycles. The number of imidazole rings is 1. The Morgan fingerprint density at radius 2 is 2.42 bits per heavy atom. The van der Waals surface area contributed by atoms with Crippen LogP contribution in [-0.2, 0) is 0 Å². The number of amides is 1. The Balaban J connectivity index is 1.75. The molecule has 0 aromatic carbocycles. The number of nitrogens with zero attached hydrogens (tertiary/aromatic N) is 3. The van der Waals surface area contributed by atoms with Gasteiger partial charge in [0, 0.05) is 25.5 Å². The summed E-state index contributed by atoms with van der Waals surface area (Å²) in [5.74, 6) is 1.05. The van der Waals surface area contributed by atoms with Crippen molar-refractivity contribution in [2.75, 3.05) is 13.1 Å². The molecular formula is C14H17N3O2. The molecule has 1 saturated heterocycles. The number of furan rings is 1. The molecule has 0 saturated carbocycles. The predicted molar refractivity (Wildman–Crippen MR) is 69.8 cm³/mol. The molecule has 5 heteroatoms. The maximum absolute atomic E-state index is 12.3. The van der Waals surface area contributed by atoms with Crippen LogP contribution in [0.15, 0.2) is 35.4 Å². The second-order valence-electron chi connectivity index (χ2n) is 4.94. The number of aromatic nitrogens is 2. The highest BCUT2D eigenvalue weighted by molar-refractivity contribution is 5.93. The minimum absolute atomic E-state index is 0.0521. The summed E-state index contributed by atoms with van der Waals surface area (Å²) in [6.07, 6.45) is 8.96. The second kappa shape index (κ2) is 4.91. The SMILES string of the molecule is Cc1nccn1C1CCCN(C(=O)c2ccoc2)C1. The number of likely N-dealkylation sites (tertiary alicyclic amines) is 1. The molecule has 0 aliphatic carbocycles. The van der Waals surface area contributed by atoms with Crippen molar-refractivity contribution in [3.05, 3.63) is 42.4 Å². The summed E-state index contributed by atoms with van der Waals surface area (Å²) in [5, 5.41) is 0. The van der Waals surface area contributed by atoms with Crippen molar-refractivity contribution in [3.8, 4) is 0 Å². The molecule has 0 spiro atoms. The molecule has 2 aromatic rings. The highest BCUT2D eigenvalue weighted by Gasteiger charge is 2.26. The van der Waals surface area contributed by atoms with Gasteiger partial charge in [-0.25, -0.2) is 4.98 Å². The van der Waals surface area contributed by atoms with E-state index in [1.807, 2.05) is 24.2 Å². The van der Waals surface area contributed by atoms with E-state index in [-0.39, 0.29) is 5.91 Å². The Labute approximate surface area is 111 Å². The summed E-state index contributed by atoms with van der Waals surface area (Å²) in [5.41, 5.74) is 0.628. The average Bonchev–Trinajstić information content (AvgIpc) is 3.09. The zero-order chi connectivity index (χ0) is 13.2. The van der Waals surface area contributed by atoms with E-state index in [9.17, 15) is 4.79 Å². The molecular weight excluding hydrogens is 242 g/mol. The minimum Gasteiger partial charge on any atom is -0.472 e. The average molecular weight is 259 g/mol. The summed E-state index contributed by atoms with van der Waals surface area (Å²) in [6.45, 7) is 3.55. The van der Waals surface area contributed by atoms with Crippen LogP contribution < -0.4 is 0 Å². The highest BCUT2D eigenvalue weighted by Crippen LogP contribution is 2.23. The van der Waals surface area contributed by atoms with Gasteiger partial charge in [-0.2, -0.15) is 0 Å². The lowest BCUT2D eigenvalue weighted by atomic mass is 10.0. The molecule has 5 nitrogen and oxygen atoms in total. The van der Waals surface area contributed by atoms with Gasteiger partial charge in [-0.3, -0.25) is 4.79 Å². The maximum atomic E-state index is 12.3. The molecule has 1 amide bonds. The largest absolute Gasteiger partial charge is 0.472 e.